The summed E-state index contributed by atoms with van der Waals surface area (Å²) in [5, 5.41) is 12.1. The molecular weight excluding hydrogens is 530 g/mol. The van der Waals surface area contributed by atoms with Crippen molar-refractivity contribution in [3.05, 3.63) is 77.9 Å². The monoisotopic (exact) mass is 568 g/mol. The number of fused-ring (bicyclic) bond motifs is 7. The van der Waals surface area contributed by atoms with Gasteiger partial charge in [-0.25, -0.2) is 0 Å². The Bertz CT molecular complexity index is 1670. The summed E-state index contributed by atoms with van der Waals surface area (Å²) in [5.41, 5.74) is 6.18. The molecule has 1 saturated heterocycles. The molecule has 0 amide bonds. The van der Waals surface area contributed by atoms with Crippen molar-refractivity contribution in [2.45, 2.75) is 52.4 Å². The molecule has 1 heterocycles. The van der Waals surface area contributed by atoms with Crippen LogP contribution >= 0.6 is 0 Å². The third-order valence-electron chi connectivity index (χ3n) is 9.71. The molecule has 2 fully saturated rings. The third kappa shape index (κ3) is 4.26. The van der Waals surface area contributed by atoms with Crippen molar-refractivity contribution >= 4 is 22.1 Å². The highest BCUT2D eigenvalue weighted by Crippen LogP contribution is 2.65. The number of halogens is 2. The van der Waals surface area contributed by atoms with Gasteiger partial charge in [-0.05, 0) is 99.0 Å². The number of anilines is 2. The summed E-state index contributed by atoms with van der Waals surface area (Å²) < 4.78 is 34.8. The largest absolute Gasteiger partial charge is 0.507 e. The number of aromatic hydroxyl groups is 1. The predicted octanol–water partition coefficient (Wildman–Crippen LogP) is 9.13. The van der Waals surface area contributed by atoms with Gasteiger partial charge in [0.15, 0.2) is 0 Å². The quantitative estimate of drug-likeness (QED) is 0.250. The Hall–Kier alpha value is -3.64. The highest BCUT2D eigenvalue weighted by Gasteiger charge is 2.53. The van der Waals surface area contributed by atoms with Crippen LogP contribution in [0.2, 0.25) is 0 Å². The molecule has 1 aliphatic heterocycles. The van der Waals surface area contributed by atoms with Crippen molar-refractivity contribution in [2.75, 3.05) is 36.5 Å². The van der Waals surface area contributed by atoms with Crippen LogP contribution in [-0.4, -0.2) is 31.4 Å². The fraction of sp³-hybridized carbons (Fsp3) is 0.389. The van der Waals surface area contributed by atoms with Crippen molar-refractivity contribution < 1.29 is 18.8 Å². The minimum atomic E-state index is -0.787. The van der Waals surface area contributed by atoms with E-state index in [1.54, 1.807) is 12.1 Å². The molecule has 0 aromatic heterocycles. The maximum absolute atomic E-state index is 14.7. The van der Waals surface area contributed by atoms with Crippen LogP contribution in [0.15, 0.2) is 66.7 Å². The number of hydrogen-bond donors (Lipinski definition) is 1. The van der Waals surface area contributed by atoms with Gasteiger partial charge < -0.3 is 14.7 Å². The molecule has 0 unspecified atom stereocenters. The maximum Gasteiger partial charge on any atom is 0.123 e. The summed E-state index contributed by atoms with van der Waals surface area (Å²) in [6.45, 7) is 12.3. The van der Waals surface area contributed by atoms with Gasteiger partial charge in [-0.15, -0.1) is 0 Å². The number of phenolic OH excluding ortho intramolecular Hbond substituents is 1. The molecule has 1 saturated carbocycles. The van der Waals surface area contributed by atoms with E-state index in [9.17, 15) is 14.1 Å². The molecule has 7 rings (SSSR count). The van der Waals surface area contributed by atoms with Crippen molar-refractivity contribution in [1.29, 1.82) is 0 Å². The second kappa shape index (κ2) is 9.43. The first-order valence-electron chi connectivity index (χ1n) is 15.0. The average molecular weight is 569 g/mol. The number of phenols is 1. The molecule has 0 bridgehead atoms. The minimum Gasteiger partial charge on any atom is -0.507 e. The van der Waals surface area contributed by atoms with Gasteiger partial charge in [-0.3, -0.25) is 0 Å². The molecule has 4 nitrogen and oxygen atoms in total. The summed E-state index contributed by atoms with van der Waals surface area (Å²) in [5.74, 6) is 0.138. The van der Waals surface area contributed by atoms with Gasteiger partial charge in [-0.1, -0.05) is 73.1 Å². The molecule has 1 N–H and O–H groups in total. The molecule has 4 aromatic carbocycles. The Balaban J connectivity index is 1.43. The molecule has 1 spiro atoms. The number of benzene rings is 4. The minimum absolute atomic E-state index is 0.0815. The van der Waals surface area contributed by atoms with Crippen molar-refractivity contribution in [2.24, 2.45) is 10.8 Å². The molecule has 6 heteroatoms. The first-order chi connectivity index (χ1) is 20.0. The zero-order valence-electron chi connectivity index (χ0n) is 24.8. The van der Waals surface area contributed by atoms with E-state index in [2.05, 4.69) is 50.8 Å². The smallest absolute Gasteiger partial charge is 0.123 e. The number of ether oxygens (including phenoxy) is 1. The second-order valence-electron chi connectivity index (χ2n) is 14.1. The van der Waals surface area contributed by atoms with Crippen molar-refractivity contribution in [3.63, 3.8) is 0 Å². The van der Waals surface area contributed by atoms with Crippen LogP contribution in [0, 0.1) is 10.8 Å². The first kappa shape index (κ1) is 27.2. The van der Waals surface area contributed by atoms with E-state index >= 15 is 0 Å². The second-order valence-corrected chi connectivity index (χ2v) is 14.1. The topological polar surface area (TPSA) is 35.9 Å². The summed E-state index contributed by atoms with van der Waals surface area (Å²) in [4.78, 5) is 2.24. The molecule has 42 heavy (non-hydrogen) atoms. The van der Waals surface area contributed by atoms with E-state index < -0.39 is 5.34 Å². The van der Waals surface area contributed by atoms with Crippen LogP contribution in [0.4, 0.5) is 20.3 Å². The number of rotatable bonds is 3. The van der Waals surface area contributed by atoms with Gasteiger partial charge in [0.05, 0.1) is 13.2 Å². The highest BCUT2D eigenvalue weighted by atomic mass is 19.4. The SMILES string of the molecule is CC1(C)CC(C)(C)CC2(C1)c1ccccc1-c1c2cc(O)c2cc(-c3ccc(N4CCOCC4)cc3)c(N(F)F)cc12. The van der Waals surface area contributed by atoms with E-state index in [0.717, 1.165) is 54.7 Å². The summed E-state index contributed by atoms with van der Waals surface area (Å²) in [6, 6.07) is 21.4. The fourth-order valence-electron chi connectivity index (χ4n) is 8.91. The zero-order valence-corrected chi connectivity index (χ0v) is 24.8. The Morgan fingerprint density at radius 2 is 1.43 bits per heavy atom. The summed E-state index contributed by atoms with van der Waals surface area (Å²) >= 11 is 0. The van der Waals surface area contributed by atoms with Gasteiger partial charge in [-0.2, -0.15) is 0 Å². The van der Waals surface area contributed by atoms with Crippen LogP contribution < -0.4 is 10.2 Å². The first-order valence-corrected chi connectivity index (χ1v) is 15.0. The van der Waals surface area contributed by atoms with Gasteiger partial charge >= 0.3 is 0 Å². The normalized spacial score (nSPS) is 20.0. The fourth-order valence-corrected chi connectivity index (χ4v) is 8.91. The average Bonchev–Trinajstić information content (AvgIpc) is 3.19. The molecule has 2 aliphatic carbocycles. The van der Waals surface area contributed by atoms with Gasteiger partial charge in [0.25, 0.3) is 0 Å². The maximum atomic E-state index is 14.7. The Labute approximate surface area is 246 Å². The Morgan fingerprint density at radius 1 is 0.762 bits per heavy atom. The lowest BCUT2D eigenvalue weighted by molar-refractivity contribution is 0.0645. The molecule has 0 radical (unpaired) electrons. The number of nitrogens with zero attached hydrogens (tertiary/aromatic N) is 2. The molecule has 4 aromatic rings. The number of morpholine rings is 1. The van der Waals surface area contributed by atoms with Crippen LogP contribution in [-0.2, 0) is 10.2 Å². The Morgan fingerprint density at radius 3 is 2.10 bits per heavy atom. The van der Waals surface area contributed by atoms with Gasteiger partial charge in [0, 0.05) is 35.1 Å². The molecular formula is C36H38F2N2O2. The van der Waals surface area contributed by atoms with Gasteiger partial charge in [0.2, 0.25) is 0 Å². The summed E-state index contributed by atoms with van der Waals surface area (Å²) in [6.07, 6.45) is 2.99. The van der Waals surface area contributed by atoms with Crippen LogP contribution in [0.5, 0.6) is 5.75 Å². The molecule has 3 aliphatic rings. The predicted molar refractivity (Wildman–Crippen MR) is 166 cm³/mol. The molecule has 218 valence electrons. The van der Waals surface area contributed by atoms with E-state index in [1.807, 2.05) is 36.4 Å². The van der Waals surface area contributed by atoms with Crippen molar-refractivity contribution in [3.8, 4) is 28.0 Å². The standard InChI is InChI=1S/C36H38F2N2O2/c1-34(2)20-35(3,4)22-36(21-34)29-8-6-5-7-25(29)33-28-18-31(40(37)38)26(17-27(28)32(41)19-30(33)36)23-9-11-24(12-10-23)39-13-15-42-16-14-39/h5-12,17-19,41H,13-16,20-22H2,1-4H3. The van der Waals surface area contributed by atoms with Crippen LogP contribution in [0.25, 0.3) is 33.0 Å². The molecule has 0 atom stereocenters. The summed E-state index contributed by atoms with van der Waals surface area (Å²) in [7, 11) is 0. The van der Waals surface area contributed by atoms with Crippen LogP contribution in [0.3, 0.4) is 0 Å². The third-order valence-corrected chi connectivity index (χ3v) is 9.71. The van der Waals surface area contributed by atoms with E-state index in [-0.39, 0.29) is 27.7 Å². The van der Waals surface area contributed by atoms with E-state index in [1.165, 1.54) is 5.56 Å². The van der Waals surface area contributed by atoms with Crippen molar-refractivity contribution in [1.82, 2.24) is 0 Å². The van der Waals surface area contributed by atoms with Gasteiger partial charge in [0.1, 0.15) is 11.4 Å². The zero-order chi connectivity index (χ0) is 29.4. The Kier molecular flexibility index (Phi) is 6.11. The lowest BCUT2D eigenvalue weighted by Crippen LogP contribution is -2.43. The highest BCUT2D eigenvalue weighted by molar-refractivity contribution is 6.08. The van der Waals surface area contributed by atoms with E-state index in [0.29, 0.717) is 35.1 Å². The number of hydrogen-bond acceptors (Lipinski definition) is 4. The lowest BCUT2D eigenvalue weighted by Gasteiger charge is -2.51. The van der Waals surface area contributed by atoms with E-state index in [4.69, 9.17) is 4.74 Å². The lowest BCUT2D eigenvalue weighted by atomic mass is 9.52. The van der Waals surface area contributed by atoms with Crippen LogP contribution in [0.1, 0.15) is 58.1 Å².